The molecule has 162 valence electrons. The fourth-order valence-corrected chi connectivity index (χ4v) is 4.94. The summed E-state index contributed by atoms with van der Waals surface area (Å²) in [6.07, 6.45) is 0.800. The summed E-state index contributed by atoms with van der Waals surface area (Å²) < 4.78 is 44.8. The van der Waals surface area contributed by atoms with Gasteiger partial charge in [0.1, 0.15) is 16.4 Å². The fraction of sp³-hybridized carbons (Fsp3) is 0.524. The second-order valence-corrected chi connectivity index (χ2v) is 8.69. The number of nitrogens with one attached hydrogen (secondary N) is 2. The van der Waals surface area contributed by atoms with Crippen LogP contribution in [0.1, 0.15) is 61.3 Å². The molecular formula is C21H25F3N4OS. The SMILES string of the molecule is CCNC(=NCc1nc(C(F)(F)F)cs1)NC1CC2(CCCC2)Oc2ccccc21. The fourth-order valence-electron chi connectivity index (χ4n) is 4.22. The zero-order valence-electron chi connectivity index (χ0n) is 16.8. The van der Waals surface area contributed by atoms with E-state index < -0.39 is 11.9 Å². The lowest BCUT2D eigenvalue weighted by Crippen LogP contribution is -2.46. The van der Waals surface area contributed by atoms with E-state index in [0.29, 0.717) is 17.5 Å². The molecular weight excluding hydrogens is 413 g/mol. The van der Waals surface area contributed by atoms with Crippen molar-refractivity contribution in [3.63, 3.8) is 0 Å². The molecule has 1 fully saturated rings. The zero-order chi connectivity index (χ0) is 21.2. The molecule has 1 atom stereocenters. The van der Waals surface area contributed by atoms with Crippen LogP contribution in [0.15, 0.2) is 34.6 Å². The van der Waals surface area contributed by atoms with Gasteiger partial charge in [-0.3, -0.25) is 0 Å². The van der Waals surface area contributed by atoms with Crippen molar-refractivity contribution in [1.29, 1.82) is 0 Å². The minimum atomic E-state index is -4.43. The maximum atomic E-state index is 12.8. The number of benzene rings is 1. The number of nitrogens with zero attached hydrogens (tertiary/aromatic N) is 2. The second-order valence-electron chi connectivity index (χ2n) is 7.75. The number of guanidine groups is 1. The van der Waals surface area contributed by atoms with Gasteiger partial charge in [0.2, 0.25) is 0 Å². The number of hydrogen-bond acceptors (Lipinski definition) is 4. The first-order valence-electron chi connectivity index (χ1n) is 10.2. The number of thiazole rings is 1. The zero-order valence-corrected chi connectivity index (χ0v) is 17.6. The van der Waals surface area contributed by atoms with Crippen molar-refractivity contribution in [1.82, 2.24) is 15.6 Å². The number of aromatic nitrogens is 1. The number of hydrogen-bond donors (Lipinski definition) is 2. The number of alkyl halides is 3. The third-order valence-electron chi connectivity index (χ3n) is 5.58. The van der Waals surface area contributed by atoms with Crippen LogP contribution in [0.3, 0.4) is 0 Å². The average Bonchev–Trinajstić information content (AvgIpc) is 3.36. The molecule has 1 saturated carbocycles. The summed E-state index contributed by atoms with van der Waals surface area (Å²) in [5, 5.41) is 8.05. The quantitative estimate of drug-likeness (QED) is 0.518. The molecule has 5 nitrogen and oxygen atoms in total. The highest BCUT2D eigenvalue weighted by atomic mass is 32.1. The molecule has 2 aromatic rings. The molecule has 2 heterocycles. The lowest BCUT2D eigenvalue weighted by molar-refractivity contribution is -0.140. The van der Waals surface area contributed by atoms with Crippen molar-refractivity contribution in [3.05, 3.63) is 45.9 Å². The van der Waals surface area contributed by atoms with E-state index in [1.165, 1.54) is 0 Å². The molecule has 1 aliphatic heterocycles. The summed E-state index contributed by atoms with van der Waals surface area (Å²) in [5.41, 5.74) is 0.0618. The average molecular weight is 439 g/mol. The Kier molecular flexibility index (Phi) is 5.90. The van der Waals surface area contributed by atoms with Crippen molar-refractivity contribution < 1.29 is 17.9 Å². The maximum Gasteiger partial charge on any atom is 0.434 e. The topological polar surface area (TPSA) is 58.5 Å². The van der Waals surface area contributed by atoms with Gasteiger partial charge in [-0.05, 0) is 38.7 Å². The Bertz CT molecular complexity index is 906. The van der Waals surface area contributed by atoms with Gasteiger partial charge >= 0.3 is 6.18 Å². The largest absolute Gasteiger partial charge is 0.487 e. The normalized spacial score (nSPS) is 20.7. The molecule has 0 saturated heterocycles. The molecule has 30 heavy (non-hydrogen) atoms. The van der Waals surface area contributed by atoms with E-state index in [2.05, 4.69) is 26.7 Å². The molecule has 9 heteroatoms. The van der Waals surface area contributed by atoms with Crippen molar-refractivity contribution in [2.24, 2.45) is 4.99 Å². The van der Waals surface area contributed by atoms with Crippen LogP contribution in [-0.4, -0.2) is 23.1 Å². The molecule has 0 bridgehead atoms. The highest BCUT2D eigenvalue weighted by Crippen LogP contribution is 2.47. The Morgan fingerprint density at radius 1 is 1.30 bits per heavy atom. The molecule has 1 aromatic heterocycles. The Labute approximate surface area is 177 Å². The van der Waals surface area contributed by atoms with Gasteiger partial charge in [-0.15, -0.1) is 11.3 Å². The monoisotopic (exact) mass is 438 g/mol. The summed E-state index contributed by atoms with van der Waals surface area (Å²) in [6.45, 7) is 2.69. The van der Waals surface area contributed by atoms with Gasteiger partial charge in [-0.25, -0.2) is 9.98 Å². The van der Waals surface area contributed by atoms with Crippen molar-refractivity contribution in [2.75, 3.05) is 6.54 Å². The van der Waals surface area contributed by atoms with Crippen molar-refractivity contribution in [3.8, 4) is 5.75 Å². The van der Waals surface area contributed by atoms with E-state index in [-0.39, 0.29) is 18.2 Å². The van der Waals surface area contributed by atoms with Gasteiger partial charge in [-0.1, -0.05) is 18.2 Å². The molecule has 1 aliphatic carbocycles. The van der Waals surface area contributed by atoms with Crippen LogP contribution in [0.4, 0.5) is 13.2 Å². The third kappa shape index (κ3) is 4.55. The molecule has 0 radical (unpaired) electrons. The summed E-state index contributed by atoms with van der Waals surface area (Å²) in [5.74, 6) is 1.46. The summed E-state index contributed by atoms with van der Waals surface area (Å²) >= 11 is 0.973. The standard InChI is InChI=1S/C21H25F3N4OS/c1-2-25-19(26-12-18-28-17(13-30-18)21(22,23)24)27-15-11-20(9-5-6-10-20)29-16-8-4-3-7-14(15)16/h3-4,7-8,13,15H,2,5-6,9-12H2,1H3,(H2,25,26,27). The molecule has 1 unspecified atom stereocenters. The van der Waals surface area contributed by atoms with Crippen LogP contribution in [-0.2, 0) is 12.7 Å². The van der Waals surface area contributed by atoms with Crippen LogP contribution in [0, 0.1) is 0 Å². The molecule has 4 rings (SSSR count). The van der Waals surface area contributed by atoms with E-state index >= 15 is 0 Å². The first-order valence-corrected chi connectivity index (χ1v) is 11.1. The Morgan fingerprint density at radius 3 is 2.77 bits per heavy atom. The van der Waals surface area contributed by atoms with E-state index in [1.54, 1.807) is 0 Å². The number of ether oxygens (including phenoxy) is 1. The van der Waals surface area contributed by atoms with E-state index in [0.717, 1.165) is 60.1 Å². The Balaban J connectivity index is 1.53. The van der Waals surface area contributed by atoms with Crippen molar-refractivity contribution in [2.45, 2.75) is 63.4 Å². The number of fused-ring (bicyclic) bond motifs is 1. The number of rotatable bonds is 4. The highest BCUT2D eigenvalue weighted by Gasteiger charge is 2.43. The van der Waals surface area contributed by atoms with Crippen LogP contribution in [0.2, 0.25) is 0 Å². The number of halogens is 3. The Hall–Kier alpha value is -2.29. The van der Waals surface area contributed by atoms with Gasteiger partial charge in [-0.2, -0.15) is 13.2 Å². The molecule has 2 N–H and O–H groups in total. The predicted octanol–water partition coefficient (Wildman–Crippen LogP) is 5.05. The first kappa shape index (κ1) is 21.0. The minimum Gasteiger partial charge on any atom is -0.487 e. The highest BCUT2D eigenvalue weighted by molar-refractivity contribution is 7.09. The smallest absolute Gasteiger partial charge is 0.434 e. The van der Waals surface area contributed by atoms with Gasteiger partial charge < -0.3 is 15.4 Å². The summed E-state index contributed by atoms with van der Waals surface area (Å²) in [4.78, 5) is 8.16. The molecule has 1 aromatic carbocycles. The molecule has 1 spiro atoms. The van der Waals surface area contributed by atoms with Gasteiger partial charge in [0, 0.05) is 23.9 Å². The molecule has 2 aliphatic rings. The first-order chi connectivity index (χ1) is 14.4. The third-order valence-corrected chi connectivity index (χ3v) is 6.42. The van der Waals surface area contributed by atoms with Crippen molar-refractivity contribution >= 4 is 17.3 Å². The van der Waals surface area contributed by atoms with Gasteiger partial charge in [0.15, 0.2) is 11.7 Å². The number of para-hydroxylation sites is 1. The van der Waals surface area contributed by atoms with E-state index in [9.17, 15) is 13.2 Å². The summed E-state index contributed by atoms with van der Waals surface area (Å²) in [6, 6.07) is 8.04. The van der Waals surface area contributed by atoms with Gasteiger partial charge in [0.05, 0.1) is 12.6 Å². The van der Waals surface area contributed by atoms with Gasteiger partial charge in [0.25, 0.3) is 0 Å². The molecule has 0 amide bonds. The lowest BCUT2D eigenvalue weighted by Gasteiger charge is -2.40. The lowest BCUT2D eigenvalue weighted by atomic mass is 9.86. The predicted molar refractivity (Wildman–Crippen MR) is 111 cm³/mol. The summed E-state index contributed by atoms with van der Waals surface area (Å²) in [7, 11) is 0. The van der Waals surface area contributed by atoms with E-state index in [1.807, 2.05) is 25.1 Å². The second kappa shape index (κ2) is 8.45. The van der Waals surface area contributed by atoms with Crippen LogP contribution in [0.25, 0.3) is 0 Å². The minimum absolute atomic E-state index is 0.0212. The Morgan fingerprint density at radius 2 is 2.07 bits per heavy atom. The van der Waals surface area contributed by atoms with E-state index in [4.69, 9.17) is 4.74 Å². The van der Waals surface area contributed by atoms with Crippen LogP contribution >= 0.6 is 11.3 Å². The van der Waals surface area contributed by atoms with Crippen LogP contribution < -0.4 is 15.4 Å². The van der Waals surface area contributed by atoms with Crippen LogP contribution in [0.5, 0.6) is 5.75 Å². The number of aliphatic imine (C=N–C) groups is 1. The maximum absolute atomic E-state index is 12.8.